The summed E-state index contributed by atoms with van der Waals surface area (Å²) in [5.41, 5.74) is 2.15. The zero-order chi connectivity index (χ0) is 67.1. The van der Waals surface area contributed by atoms with Crippen molar-refractivity contribution in [2.24, 2.45) is 5.92 Å². The van der Waals surface area contributed by atoms with Gasteiger partial charge in [-0.15, -0.1) is 11.8 Å². The molecule has 19 nitrogen and oxygen atoms in total. The number of ether oxygens (including phenoxy) is 1. The molecule has 0 spiro atoms. The van der Waals surface area contributed by atoms with Crippen molar-refractivity contribution in [2.45, 2.75) is 96.6 Å². The molecule has 5 aromatic rings. The zero-order valence-corrected chi connectivity index (χ0v) is 56.7. The molecule has 510 valence electrons. The van der Waals surface area contributed by atoms with Crippen molar-refractivity contribution in [2.75, 3.05) is 132 Å². The van der Waals surface area contributed by atoms with E-state index in [2.05, 4.69) is 70.5 Å². The van der Waals surface area contributed by atoms with Crippen molar-refractivity contribution >= 4 is 89.5 Å². The van der Waals surface area contributed by atoms with Crippen LogP contribution in [-0.4, -0.2) is 200 Å². The van der Waals surface area contributed by atoms with E-state index in [0.29, 0.717) is 87.1 Å². The Bertz CT molecular complexity index is 3930. The quantitative estimate of drug-likeness (QED) is 0.0463. The molecule has 0 radical (unpaired) electrons. The fourth-order valence-electron chi connectivity index (χ4n) is 14.0. The van der Waals surface area contributed by atoms with Gasteiger partial charge in [0.05, 0.1) is 28.4 Å². The highest BCUT2D eigenvalue weighted by atomic mass is 35.5. The monoisotopic (exact) mass is 1390 g/mol. The predicted octanol–water partition coefficient (Wildman–Crippen LogP) is 8.98. The van der Waals surface area contributed by atoms with Gasteiger partial charge in [0.25, 0.3) is 31.7 Å². The van der Waals surface area contributed by atoms with Gasteiger partial charge in [-0.2, -0.15) is 13.2 Å². The van der Waals surface area contributed by atoms with E-state index < -0.39 is 64.7 Å². The number of benzene rings is 4. The minimum atomic E-state index is -6.10. The number of hydrogen-bond acceptors (Lipinski definition) is 17. The number of halogens is 4. The fourth-order valence-corrected chi connectivity index (χ4v) is 17.1. The lowest BCUT2D eigenvalue weighted by atomic mass is 9.84. The van der Waals surface area contributed by atoms with E-state index in [1.165, 1.54) is 46.2 Å². The summed E-state index contributed by atoms with van der Waals surface area (Å²) in [5, 5.41) is 6.08. The largest absolute Gasteiger partial charge is 0.501 e. The first-order valence-corrected chi connectivity index (χ1v) is 37.4. The number of amides is 4. The summed E-state index contributed by atoms with van der Waals surface area (Å²) >= 11 is 7.82. The molecule has 7 aliphatic rings. The van der Waals surface area contributed by atoms with Crippen LogP contribution in [0.4, 0.5) is 30.2 Å². The Kier molecular flexibility index (Phi) is 21.7. The van der Waals surface area contributed by atoms with Crippen LogP contribution in [0.15, 0.2) is 135 Å². The third-order valence-corrected chi connectivity index (χ3v) is 23.7. The van der Waals surface area contributed by atoms with E-state index in [1.807, 2.05) is 53.3 Å². The maximum atomic E-state index is 14.4. The van der Waals surface area contributed by atoms with Crippen molar-refractivity contribution in [3.63, 3.8) is 0 Å². The van der Waals surface area contributed by atoms with E-state index in [-0.39, 0.29) is 23.8 Å². The Morgan fingerprint density at radius 3 is 2.23 bits per heavy atom. The lowest BCUT2D eigenvalue weighted by Crippen LogP contribution is -2.52. The van der Waals surface area contributed by atoms with E-state index >= 15 is 0 Å². The molecular weight excluding hydrogens is 1310 g/mol. The number of piperidine rings is 2. The van der Waals surface area contributed by atoms with Crippen LogP contribution >= 0.6 is 23.4 Å². The van der Waals surface area contributed by atoms with Crippen molar-refractivity contribution in [3.05, 3.63) is 160 Å². The van der Waals surface area contributed by atoms with Gasteiger partial charge < -0.3 is 34.6 Å². The van der Waals surface area contributed by atoms with Crippen molar-refractivity contribution in [1.82, 2.24) is 34.5 Å². The summed E-state index contributed by atoms with van der Waals surface area (Å²) in [6.07, 6.45) is 9.18. The third-order valence-electron chi connectivity index (χ3n) is 19.4. The highest BCUT2D eigenvalue weighted by molar-refractivity contribution is 7.99. The highest BCUT2D eigenvalue weighted by Crippen LogP contribution is 2.40. The van der Waals surface area contributed by atoms with Crippen molar-refractivity contribution in [1.29, 1.82) is 0 Å². The van der Waals surface area contributed by atoms with Gasteiger partial charge in [-0.05, 0) is 170 Å². The van der Waals surface area contributed by atoms with E-state index in [9.17, 15) is 49.2 Å². The number of thioether (sulfide) groups is 1. The molecule has 5 saturated heterocycles. The number of nitrogens with zero attached hydrogens (tertiary/aromatic N) is 7. The summed E-state index contributed by atoms with van der Waals surface area (Å²) in [7, 11) is -11.0. The van der Waals surface area contributed by atoms with Crippen LogP contribution in [0.3, 0.4) is 0 Å². The molecule has 96 heavy (non-hydrogen) atoms. The van der Waals surface area contributed by atoms with E-state index in [4.69, 9.17) is 16.3 Å². The van der Waals surface area contributed by atoms with Gasteiger partial charge in [-0.25, -0.2) is 21.6 Å². The summed E-state index contributed by atoms with van der Waals surface area (Å²) in [6, 6.07) is 33.5. The molecule has 3 N–H and O–H groups in total. The number of hydrogen-bond donors (Lipinski definition) is 3. The van der Waals surface area contributed by atoms with Crippen LogP contribution in [-0.2, 0) is 40.7 Å². The van der Waals surface area contributed by atoms with Gasteiger partial charge in [-0.3, -0.25) is 34.3 Å². The predicted molar refractivity (Wildman–Crippen MR) is 364 cm³/mol. The Labute approximate surface area is 569 Å². The van der Waals surface area contributed by atoms with Crippen LogP contribution in [0.5, 0.6) is 0 Å². The molecule has 0 bridgehead atoms. The molecule has 2 unspecified atom stereocenters. The van der Waals surface area contributed by atoms with Gasteiger partial charge in [0, 0.05) is 151 Å². The number of carbonyl (C=O) groups is 4. The van der Waals surface area contributed by atoms with Crippen molar-refractivity contribution in [3.8, 4) is 0 Å². The Morgan fingerprint density at radius 1 is 0.771 bits per heavy atom. The van der Waals surface area contributed by atoms with E-state index in [0.717, 1.165) is 144 Å². The lowest BCUT2D eigenvalue weighted by molar-refractivity contribution is -0.136. The third kappa shape index (κ3) is 16.7. The summed E-state index contributed by atoms with van der Waals surface area (Å²) in [6.45, 7) is 13.7. The first-order chi connectivity index (χ1) is 46.2. The Hall–Kier alpha value is -7.15. The molecule has 1 aliphatic carbocycles. The normalized spacial score (nSPS) is 20.9. The molecule has 26 heteroatoms. The number of anilines is 3. The fraction of sp³-hybridized carbons (Fsp3) is 0.457. The maximum Gasteiger partial charge on any atom is 0.501 e. The average molecular weight is 1390 g/mol. The number of piperazine rings is 2. The molecule has 0 saturated carbocycles. The smallest absolute Gasteiger partial charge is 0.380 e. The molecule has 4 amide bonds. The molecule has 2 atom stereocenters. The lowest BCUT2D eigenvalue weighted by Gasteiger charge is -2.39. The number of sulfone groups is 1. The second-order valence-electron chi connectivity index (χ2n) is 25.8. The number of sulfonamides is 1. The molecule has 6 aliphatic heterocycles. The number of rotatable bonds is 21. The molecule has 5 fully saturated rings. The number of imide groups is 1. The van der Waals surface area contributed by atoms with Crippen LogP contribution in [0.1, 0.15) is 89.6 Å². The van der Waals surface area contributed by atoms with Crippen LogP contribution in [0.2, 0.25) is 5.02 Å². The van der Waals surface area contributed by atoms with Crippen LogP contribution in [0.25, 0.3) is 5.57 Å². The number of fused-ring (bicyclic) bond motifs is 1. The van der Waals surface area contributed by atoms with Gasteiger partial charge in [0.15, 0.2) is 0 Å². The van der Waals surface area contributed by atoms with Gasteiger partial charge in [0.2, 0.25) is 11.8 Å². The maximum absolute atomic E-state index is 14.4. The molecule has 0 aromatic heterocycles. The second-order valence-corrected chi connectivity index (χ2v) is 30.9. The topological polar surface area (TPSA) is 205 Å². The molecular formula is C70H80ClF3N10O9S3. The van der Waals surface area contributed by atoms with Crippen molar-refractivity contribution < 1.29 is 53.9 Å². The van der Waals surface area contributed by atoms with Gasteiger partial charge in [0.1, 0.15) is 10.9 Å². The minimum Gasteiger partial charge on any atom is -0.380 e. The number of allylic oxidation sites excluding steroid dienone is 2. The number of nitrogens with one attached hydrogen (secondary N) is 3. The zero-order valence-electron chi connectivity index (χ0n) is 53.5. The van der Waals surface area contributed by atoms with Gasteiger partial charge >= 0.3 is 5.51 Å². The standard InChI is InChI=1S/C70H80ClF3N10O9S3/c71-55-12-8-51(9-13-55)61-18-7-50(45-79-27-23-49(24-28-79)44-80-30-36-83(37-31-80)58-16-19-62-54(42-58)47-84(69(62)88)64-21-22-66(85)76-68(64)87)41-53(61)46-81-32-34-82(35-33-81)57-14-10-52(11-15-57)67(86)77-96(91,92)60-17-20-63(65(43-60)95(89,90)70(72,73)74)75-56(48-94-59-5-2-1-3-6-59)25-29-78-26-4-39-93-40-38-78/h1-3,5-6,8-15,17,20,42-43,45,49,56,64,75H,4,7,18,21-41,44,46-48H2,(H,77,86)(H,76,85,87)/b50-45+. The molecule has 6 heterocycles. The number of carbonyl (C=O) groups excluding carboxylic acids is 4. The summed E-state index contributed by atoms with van der Waals surface area (Å²) < 4.78 is 105. The SMILES string of the molecule is O=C1CCC(N2Cc3cc(N4CCN(CC5CCN(/C=C6\CCC(c7ccc(Cl)cc7)=C(CN7CCN(c8ccc(C(=O)NS(=O)(=O)c9ccc(NC(CCN%10CCCOCC%10)CSc%10ccccc%10)c(S(=O)(=O)C(F)(F)F)c9)cc8)CC7)C6)CC5)CC4)c#cc3C2=O)C(=O)N1. The molecule has 5 aromatic carbocycles. The number of likely N-dealkylation sites (tertiary alicyclic amines) is 1. The Morgan fingerprint density at radius 2 is 1.50 bits per heavy atom. The average Bonchev–Trinajstić information content (AvgIpc) is 1.28. The second kappa shape index (κ2) is 30.3. The number of alkyl halides is 3. The summed E-state index contributed by atoms with van der Waals surface area (Å²) in [4.78, 5) is 65.8. The minimum absolute atomic E-state index is 0.0210. The van der Waals surface area contributed by atoms with Crippen LogP contribution in [0, 0.1) is 18.1 Å². The first kappa shape index (κ1) is 68.8. The van der Waals surface area contributed by atoms with Crippen LogP contribution < -0.4 is 25.2 Å². The van der Waals surface area contributed by atoms with E-state index in [1.54, 1.807) is 17.0 Å². The first-order valence-electron chi connectivity index (χ1n) is 33.0. The summed E-state index contributed by atoms with van der Waals surface area (Å²) in [5.74, 6) is -1.07. The van der Waals surface area contributed by atoms with Gasteiger partial charge in [-0.1, -0.05) is 48.0 Å². The molecule has 12 rings (SSSR count). The highest BCUT2D eigenvalue weighted by Gasteiger charge is 2.49. The Balaban J connectivity index is 0.627.